The zero-order chi connectivity index (χ0) is 21.5. The van der Waals surface area contributed by atoms with Crippen LogP contribution in [-0.2, 0) is 9.59 Å². The van der Waals surface area contributed by atoms with Gasteiger partial charge in [-0.15, -0.1) is 0 Å². The molecule has 1 fully saturated rings. The first-order valence-corrected chi connectivity index (χ1v) is 10.2. The Morgan fingerprint density at radius 2 is 1.53 bits per heavy atom. The summed E-state index contributed by atoms with van der Waals surface area (Å²) in [6.45, 7) is 5.62. The van der Waals surface area contributed by atoms with Gasteiger partial charge in [-0.1, -0.05) is 30.3 Å². The van der Waals surface area contributed by atoms with E-state index in [1.54, 1.807) is 17.0 Å². The lowest BCUT2D eigenvalue weighted by molar-refractivity contribution is -0.133. The summed E-state index contributed by atoms with van der Waals surface area (Å²) >= 11 is 0. The number of likely N-dealkylation sites (N-methyl/N-ethyl adjacent to an activating group) is 1. The van der Waals surface area contributed by atoms with Crippen molar-refractivity contribution in [1.29, 1.82) is 0 Å². The monoisotopic (exact) mass is 412 g/mol. The maximum Gasteiger partial charge on any atom is 0.238 e. The van der Waals surface area contributed by atoms with Gasteiger partial charge in [0.2, 0.25) is 11.8 Å². The Kier molecular flexibility index (Phi) is 7.54. The first-order valence-electron chi connectivity index (χ1n) is 10.2. The summed E-state index contributed by atoms with van der Waals surface area (Å²) in [7, 11) is 1.84. The van der Waals surface area contributed by atoms with Gasteiger partial charge in [0.05, 0.1) is 19.1 Å². The fraction of sp³-hybridized carbons (Fsp3) is 0.391. The van der Waals surface area contributed by atoms with Crippen molar-refractivity contribution in [1.82, 2.24) is 14.7 Å². The topological polar surface area (TPSA) is 55.9 Å². The molecule has 1 atom stereocenters. The molecule has 3 rings (SSSR count). The second kappa shape index (κ2) is 10.3. The van der Waals surface area contributed by atoms with Gasteiger partial charge in [-0.2, -0.15) is 0 Å². The zero-order valence-corrected chi connectivity index (χ0v) is 17.6. The molecule has 2 aromatic carbocycles. The highest BCUT2D eigenvalue weighted by molar-refractivity contribution is 5.92. The van der Waals surface area contributed by atoms with E-state index in [-0.39, 0.29) is 30.2 Å². The molecule has 1 aliphatic rings. The highest BCUT2D eigenvalue weighted by Gasteiger charge is 2.23. The van der Waals surface area contributed by atoms with Crippen molar-refractivity contribution < 1.29 is 14.0 Å². The minimum atomic E-state index is -0.331. The summed E-state index contributed by atoms with van der Waals surface area (Å²) < 4.78 is 13.0. The average molecular weight is 413 g/mol. The van der Waals surface area contributed by atoms with Crippen molar-refractivity contribution >= 4 is 17.5 Å². The lowest BCUT2D eigenvalue weighted by Crippen LogP contribution is -2.51. The molecule has 160 valence electrons. The Labute approximate surface area is 177 Å². The van der Waals surface area contributed by atoms with Crippen LogP contribution >= 0.6 is 0 Å². The minimum absolute atomic E-state index is 0.0233. The van der Waals surface area contributed by atoms with E-state index in [9.17, 15) is 14.0 Å². The van der Waals surface area contributed by atoms with Crippen LogP contribution in [0.15, 0.2) is 54.6 Å². The number of hydrogen-bond donors (Lipinski definition) is 1. The summed E-state index contributed by atoms with van der Waals surface area (Å²) in [5, 5.41) is 2.78. The highest BCUT2D eigenvalue weighted by atomic mass is 19.1. The number of carbonyl (C=O) groups excluding carboxylic acids is 2. The Bertz CT molecular complexity index is 836. The molecule has 2 amide bonds. The van der Waals surface area contributed by atoms with Gasteiger partial charge in [-0.3, -0.25) is 19.4 Å². The van der Waals surface area contributed by atoms with Gasteiger partial charge in [0.25, 0.3) is 0 Å². The number of piperazine rings is 1. The number of hydrogen-bond acceptors (Lipinski definition) is 4. The zero-order valence-electron chi connectivity index (χ0n) is 17.6. The molecule has 0 aliphatic carbocycles. The van der Waals surface area contributed by atoms with Crippen LogP contribution in [0.2, 0.25) is 0 Å². The molecular formula is C23H29FN4O2. The maximum atomic E-state index is 13.0. The number of halogens is 1. The number of anilines is 1. The highest BCUT2D eigenvalue weighted by Crippen LogP contribution is 2.18. The quantitative estimate of drug-likeness (QED) is 0.760. The standard InChI is InChI=1S/C23H29FN4O2/c1-18(19-6-4-3-5-7-19)26(2)23(30)17-28-14-12-27(13-15-28)16-22(29)25-21-10-8-20(24)9-11-21/h3-11,18H,12-17H2,1-2H3,(H,25,29)/t18-/m0/s1. The Hall–Kier alpha value is -2.77. The van der Waals surface area contributed by atoms with Gasteiger partial charge in [-0.05, 0) is 36.8 Å². The normalized spacial score (nSPS) is 16.1. The SMILES string of the molecule is C[C@@H](c1ccccc1)N(C)C(=O)CN1CCN(CC(=O)Nc2ccc(F)cc2)CC1. The van der Waals surface area contributed by atoms with Gasteiger partial charge in [-0.25, -0.2) is 4.39 Å². The number of amides is 2. The molecule has 1 N–H and O–H groups in total. The van der Waals surface area contributed by atoms with E-state index in [1.807, 2.05) is 44.3 Å². The molecule has 0 aromatic heterocycles. The van der Waals surface area contributed by atoms with E-state index in [0.29, 0.717) is 12.2 Å². The molecule has 0 unspecified atom stereocenters. The predicted molar refractivity (Wildman–Crippen MR) is 116 cm³/mol. The van der Waals surface area contributed by atoms with Crippen molar-refractivity contribution in [3.8, 4) is 0 Å². The van der Waals surface area contributed by atoms with E-state index < -0.39 is 0 Å². The number of nitrogens with zero attached hydrogens (tertiary/aromatic N) is 3. The third-order valence-electron chi connectivity index (χ3n) is 5.58. The number of carbonyl (C=O) groups is 2. The number of nitrogens with one attached hydrogen (secondary N) is 1. The maximum absolute atomic E-state index is 13.0. The molecule has 30 heavy (non-hydrogen) atoms. The van der Waals surface area contributed by atoms with Crippen LogP contribution in [0.1, 0.15) is 18.5 Å². The van der Waals surface area contributed by atoms with Crippen molar-refractivity contribution in [3.05, 3.63) is 66.0 Å². The van der Waals surface area contributed by atoms with Crippen LogP contribution in [0.5, 0.6) is 0 Å². The molecule has 6 nitrogen and oxygen atoms in total. The van der Waals surface area contributed by atoms with Crippen LogP contribution in [-0.4, -0.2) is 72.8 Å². The molecule has 1 saturated heterocycles. The number of rotatable bonds is 7. The molecule has 0 saturated carbocycles. The van der Waals surface area contributed by atoms with E-state index in [0.717, 1.165) is 31.7 Å². The lowest BCUT2D eigenvalue weighted by atomic mass is 10.1. The fourth-order valence-electron chi connectivity index (χ4n) is 3.52. The molecule has 1 aliphatic heterocycles. The molecule has 2 aromatic rings. The molecule has 0 bridgehead atoms. The third kappa shape index (κ3) is 6.11. The fourth-order valence-corrected chi connectivity index (χ4v) is 3.52. The molecule has 1 heterocycles. The van der Waals surface area contributed by atoms with Crippen LogP contribution in [0.3, 0.4) is 0 Å². The molecular weight excluding hydrogens is 383 g/mol. The smallest absolute Gasteiger partial charge is 0.238 e. The summed E-state index contributed by atoms with van der Waals surface area (Å²) in [6.07, 6.45) is 0. The van der Waals surface area contributed by atoms with E-state index in [2.05, 4.69) is 15.1 Å². The van der Waals surface area contributed by atoms with Crippen LogP contribution in [0.25, 0.3) is 0 Å². The summed E-state index contributed by atoms with van der Waals surface area (Å²) in [6, 6.07) is 15.8. The van der Waals surface area contributed by atoms with Crippen molar-refractivity contribution in [2.45, 2.75) is 13.0 Å². The Balaban J connectivity index is 1.41. The molecule has 0 spiro atoms. The van der Waals surface area contributed by atoms with Crippen molar-refractivity contribution in [2.75, 3.05) is 51.6 Å². The summed E-state index contributed by atoms with van der Waals surface area (Å²) in [4.78, 5) is 30.9. The van der Waals surface area contributed by atoms with Gasteiger partial charge in [0, 0.05) is 38.9 Å². The largest absolute Gasteiger partial charge is 0.338 e. The van der Waals surface area contributed by atoms with Gasteiger partial charge < -0.3 is 10.2 Å². The van der Waals surface area contributed by atoms with E-state index in [4.69, 9.17) is 0 Å². The first kappa shape index (κ1) is 21.9. The van der Waals surface area contributed by atoms with Crippen LogP contribution in [0, 0.1) is 5.82 Å². The van der Waals surface area contributed by atoms with Gasteiger partial charge in [0.15, 0.2) is 0 Å². The van der Waals surface area contributed by atoms with Crippen molar-refractivity contribution in [2.24, 2.45) is 0 Å². The Morgan fingerprint density at radius 3 is 2.13 bits per heavy atom. The Morgan fingerprint density at radius 1 is 0.967 bits per heavy atom. The summed E-state index contributed by atoms with van der Waals surface area (Å²) in [5.74, 6) is -0.362. The van der Waals surface area contributed by atoms with Crippen molar-refractivity contribution in [3.63, 3.8) is 0 Å². The van der Waals surface area contributed by atoms with Gasteiger partial charge >= 0.3 is 0 Å². The summed E-state index contributed by atoms with van der Waals surface area (Å²) in [5.41, 5.74) is 1.70. The van der Waals surface area contributed by atoms with Crippen LogP contribution in [0.4, 0.5) is 10.1 Å². The van der Waals surface area contributed by atoms with Crippen LogP contribution < -0.4 is 5.32 Å². The molecule has 0 radical (unpaired) electrons. The minimum Gasteiger partial charge on any atom is -0.338 e. The molecule has 7 heteroatoms. The first-order chi connectivity index (χ1) is 14.4. The third-order valence-corrected chi connectivity index (χ3v) is 5.58. The second-order valence-corrected chi connectivity index (χ2v) is 7.70. The van der Waals surface area contributed by atoms with Gasteiger partial charge in [0.1, 0.15) is 5.82 Å². The lowest BCUT2D eigenvalue weighted by Gasteiger charge is -2.35. The number of benzene rings is 2. The average Bonchev–Trinajstić information content (AvgIpc) is 2.76. The predicted octanol–water partition coefficient (Wildman–Crippen LogP) is 2.60. The van der Waals surface area contributed by atoms with E-state index >= 15 is 0 Å². The van der Waals surface area contributed by atoms with E-state index in [1.165, 1.54) is 12.1 Å². The second-order valence-electron chi connectivity index (χ2n) is 7.70.